The monoisotopic (exact) mass is 843 g/mol. The predicted octanol–water partition coefficient (Wildman–Crippen LogP) is 4.89. The second-order valence-electron chi connectivity index (χ2n) is 15.8. The highest BCUT2D eigenvalue weighted by molar-refractivity contribution is 6.02. The number of piperazine rings is 1. The zero-order chi connectivity index (χ0) is 43.9. The van der Waals surface area contributed by atoms with Crippen molar-refractivity contribution in [3.05, 3.63) is 101 Å². The number of imide groups is 1. The summed E-state index contributed by atoms with van der Waals surface area (Å²) in [5.41, 5.74) is 6.40. The number of anilines is 5. The number of benzene rings is 2. The van der Waals surface area contributed by atoms with Crippen molar-refractivity contribution in [2.75, 3.05) is 66.8 Å². The number of pyridine rings is 1. The summed E-state index contributed by atoms with van der Waals surface area (Å²) in [6.07, 6.45) is 8.37. The first-order chi connectivity index (χ1) is 30.1. The Labute approximate surface area is 361 Å². The lowest BCUT2D eigenvalue weighted by atomic mass is 10.0. The van der Waals surface area contributed by atoms with Gasteiger partial charge in [-0.3, -0.25) is 29.4 Å². The zero-order valence-corrected chi connectivity index (χ0v) is 36.1. The van der Waals surface area contributed by atoms with Gasteiger partial charge in [0.1, 0.15) is 11.4 Å². The number of nitrogens with one attached hydrogen (secondary N) is 2. The molecular formula is C46H57N11O5. The van der Waals surface area contributed by atoms with Gasteiger partial charge in [-0.2, -0.15) is 4.98 Å². The quantitative estimate of drug-likeness (QED) is 0.0565. The molecule has 2 unspecified atom stereocenters. The molecule has 5 aromatic rings. The van der Waals surface area contributed by atoms with Crippen LogP contribution in [0.4, 0.5) is 28.7 Å². The number of allylic oxidation sites excluding steroid dienone is 1. The Bertz CT molecular complexity index is 2470. The number of likely N-dealkylation sites (N-methyl/N-ethyl adjacent to an activating group) is 1. The molecule has 3 amide bonds. The summed E-state index contributed by atoms with van der Waals surface area (Å²) in [5, 5.41) is 16.6. The van der Waals surface area contributed by atoms with Crippen molar-refractivity contribution in [2.45, 2.75) is 77.5 Å². The molecule has 5 heterocycles. The number of amides is 3. The minimum atomic E-state index is -0.633. The van der Waals surface area contributed by atoms with Gasteiger partial charge in [-0.15, -0.1) is 6.58 Å². The van der Waals surface area contributed by atoms with Crippen LogP contribution in [-0.4, -0.2) is 105 Å². The molecule has 3 N–H and O–H groups in total. The van der Waals surface area contributed by atoms with Gasteiger partial charge >= 0.3 is 0 Å². The van der Waals surface area contributed by atoms with Crippen LogP contribution in [0.1, 0.15) is 68.9 Å². The van der Waals surface area contributed by atoms with Crippen molar-refractivity contribution in [1.29, 1.82) is 0 Å². The van der Waals surface area contributed by atoms with Crippen LogP contribution in [0.15, 0.2) is 78.2 Å². The van der Waals surface area contributed by atoms with Crippen molar-refractivity contribution in [3.63, 3.8) is 0 Å². The van der Waals surface area contributed by atoms with Gasteiger partial charge in [0.25, 0.3) is 5.56 Å². The van der Waals surface area contributed by atoms with Crippen LogP contribution in [-0.2, 0) is 33.8 Å². The lowest BCUT2D eigenvalue weighted by molar-refractivity contribution is -0.134. The maximum atomic E-state index is 13.4. The fourth-order valence-electron chi connectivity index (χ4n) is 8.51. The summed E-state index contributed by atoms with van der Waals surface area (Å²) in [5.74, 6) is 0.272. The van der Waals surface area contributed by atoms with Crippen molar-refractivity contribution >= 4 is 58.0 Å². The molecule has 2 aromatic carbocycles. The molecule has 3 aromatic heterocycles. The second-order valence-corrected chi connectivity index (χ2v) is 15.8. The average Bonchev–Trinajstić information content (AvgIpc) is 3.80. The van der Waals surface area contributed by atoms with Gasteiger partial charge < -0.3 is 25.1 Å². The van der Waals surface area contributed by atoms with Gasteiger partial charge in [0.15, 0.2) is 11.5 Å². The number of piperidine rings is 1. The van der Waals surface area contributed by atoms with Crippen molar-refractivity contribution in [3.8, 4) is 5.82 Å². The van der Waals surface area contributed by atoms with Crippen LogP contribution in [0.2, 0.25) is 0 Å². The molecule has 0 saturated carbocycles. The molecule has 3 aliphatic rings. The largest absolute Gasteiger partial charge is 0.387 e. The normalized spacial score (nSPS) is 17.5. The van der Waals surface area contributed by atoms with Crippen LogP contribution in [0, 0.1) is 0 Å². The van der Waals surface area contributed by atoms with E-state index in [1.165, 1.54) is 15.8 Å². The second kappa shape index (κ2) is 19.5. The highest BCUT2D eigenvalue weighted by atomic mass is 16.3. The van der Waals surface area contributed by atoms with E-state index in [-0.39, 0.29) is 30.3 Å². The number of aryl methyl sites for hydroxylation is 2. The third-order valence-corrected chi connectivity index (χ3v) is 11.9. The van der Waals surface area contributed by atoms with E-state index in [0.29, 0.717) is 41.3 Å². The van der Waals surface area contributed by atoms with E-state index in [4.69, 9.17) is 9.97 Å². The Morgan fingerprint density at radius 1 is 0.935 bits per heavy atom. The van der Waals surface area contributed by atoms with Crippen molar-refractivity contribution < 1.29 is 19.5 Å². The summed E-state index contributed by atoms with van der Waals surface area (Å²) in [4.78, 5) is 71.7. The Hall–Kier alpha value is -6.39. The van der Waals surface area contributed by atoms with E-state index < -0.39 is 12.1 Å². The number of hydrogen-bond donors (Lipinski definition) is 3. The maximum Gasteiger partial charge on any atom is 0.278 e. The number of aliphatic hydroxyl groups excluding tert-OH is 1. The van der Waals surface area contributed by atoms with E-state index >= 15 is 0 Å². The van der Waals surface area contributed by atoms with Crippen molar-refractivity contribution in [1.82, 2.24) is 34.5 Å². The SMILES string of the molecule is C=CCn1c(=O)c2cnc(Nc3ccc(N4CCN(CCCCc5ccc(N(C)C6CCC(=O)NC6=O)c(N(C)C=O)c5)CC4)cc3)nc2n1-c1ccc2c(n1)C(O)CC2.CC. The lowest BCUT2D eigenvalue weighted by Gasteiger charge is -2.36. The summed E-state index contributed by atoms with van der Waals surface area (Å²) in [6, 6.07) is 17.6. The molecule has 0 bridgehead atoms. The van der Waals surface area contributed by atoms with Gasteiger partial charge in [0, 0.05) is 64.3 Å². The Morgan fingerprint density at radius 3 is 2.44 bits per heavy atom. The average molecular weight is 844 g/mol. The van der Waals surface area contributed by atoms with E-state index in [1.54, 1.807) is 17.8 Å². The lowest BCUT2D eigenvalue weighted by Crippen LogP contribution is -2.51. The first-order valence-corrected chi connectivity index (χ1v) is 21.6. The molecule has 2 aliphatic heterocycles. The van der Waals surface area contributed by atoms with Crippen LogP contribution in [0.5, 0.6) is 0 Å². The summed E-state index contributed by atoms with van der Waals surface area (Å²) in [6.45, 7) is 12.9. The van der Waals surface area contributed by atoms with Crippen LogP contribution < -0.4 is 30.9 Å². The Balaban J connectivity index is 0.00000285. The number of unbranched alkanes of at least 4 members (excludes halogenated alkanes) is 1. The third kappa shape index (κ3) is 9.26. The van der Waals surface area contributed by atoms with Crippen LogP contribution in [0.25, 0.3) is 16.9 Å². The van der Waals surface area contributed by atoms with Gasteiger partial charge in [0.2, 0.25) is 24.2 Å². The maximum absolute atomic E-state index is 13.4. The number of hydrogen-bond acceptors (Lipinski definition) is 12. The number of rotatable bonds is 15. The topological polar surface area (TPSA) is 174 Å². The van der Waals surface area contributed by atoms with E-state index in [0.717, 1.165) is 98.7 Å². The highest BCUT2D eigenvalue weighted by Gasteiger charge is 2.31. The van der Waals surface area contributed by atoms with Gasteiger partial charge in [0.05, 0.1) is 29.7 Å². The zero-order valence-electron chi connectivity index (χ0n) is 36.1. The molecule has 326 valence electrons. The number of aliphatic hydroxyl groups is 1. The minimum Gasteiger partial charge on any atom is -0.387 e. The van der Waals surface area contributed by atoms with E-state index in [9.17, 15) is 24.3 Å². The molecule has 16 nitrogen and oxygen atoms in total. The van der Waals surface area contributed by atoms with Crippen LogP contribution in [0.3, 0.4) is 0 Å². The molecule has 2 atom stereocenters. The number of nitrogens with zero attached hydrogens (tertiary/aromatic N) is 9. The van der Waals surface area contributed by atoms with Crippen LogP contribution >= 0.6 is 0 Å². The Morgan fingerprint density at radius 2 is 1.71 bits per heavy atom. The number of carbonyl (C=O) groups excluding carboxylic acids is 3. The first kappa shape index (κ1) is 43.7. The first-order valence-electron chi connectivity index (χ1n) is 21.6. The summed E-state index contributed by atoms with van der Waals surface area (Å²) < 4.78 is 3.21. The fraction of sp³-hybridized carbons (Fsp3) is 0.413. The number of fused-ring (bicyclic) bond motifs is 2. The molecule has 62 heavy (non-hydrogen) atoms. The number of aromatic nitrogens is 5. The van der Waals surface area contributed by atoms with Gasteiger partial charge in [-0.05, 0) is 98.7 Å². The molecule has 8 rings (SSSR count). The standard InChI is InChI=1S/C44H51N11O5.C2H6/c1-4-20-54-43(60)33-27-45-44(49-41(33)55(54)38-18-10-30-9-17-37(57)40(30)47-38)46-31-11-13-32(14-12-31)53-24-22-52(23-25-53)21-6-5-7-29-8-15-34(36(26-29)50(2)28-56)51(3)35-16-19-39(58)48-42(35)59;1-2/h4,8,10-15,18,26-28,35,37,57H,1,5-7,9,16-17,19-25H2,2-3H3,(H,45,46,49)(H,48,58,59);1-2H3. The Kier molecular flexibility index (Phi) is 13.8. The highest BCUT2D eigenvalue weighted by Crippen LogP contribution is 2.33. The minimum absolute atomic E-state index is 0.247. The van der Waals surface area contributed by atoms with E-state index in [2.05, 4.69) is 50.2 Å². The molecular weight excluding hydrogens is 787 g/mol. The predicted molar refractivity (Wildman–Crippen MR) is 243 cm³/mol. The molecule has 2 saturated heterocycles. The summed E-state index contributed by atoms with van der Waals surface area (Å²) >= 11 is 0. The summed E-state index contributed by atoms with van der Waals surface area (Å²) in [7, 11) is 3.54. The molecule has 2 fully saturated rings. The molecule has 16 heteroatoms. The third-order valence-electron chi connectivity index (χ3n) is 11.9. The van der Waals surface area contributed by atoms with Crippen molar-refractivity contribution in [2.24, 2.45) is 0 Å². The molecule has 0 radical (unpaired) electrons. The fourth-order valence-corrected chi connectivity index (χ4v) is 8.51. The smallest absolute Gasteiger partial charge is 0.278 e. The molecule has 0 spiro atoms. The van der Waals surface area contributed by atoms with E-state index in [1.807, 2.05) is 62.2 Å². The van der Waals surface area contributed by atoms with Gasteiger partial charge in [-0.1, -0.05) is 32.1 Å². The number of carbonyl (C=O) groups is 3. The van der Waals surface area contributed by atoms with Gasteiger partial charge in [-0.25, -0.2) is 19.3 Å². The molecule has 1 aliphatic carbocycles.